The van der Waals surface area contributed by atoms with Gasteiger partial charge in [-0.15, -0.1) is 0 Å². The fraction of sp³-hybridized carbons (Fsp3) is 0.552. The second-order valence-corrected chi connectivity index (χ2v) is 11.8. The van der Waals surface area contributed by atoms with Gasteiger partial charge in [-0.1, -0.05) is 12.8 Å². The Balaban J connectivity index is 1.64. The lowest BCUT2D eigenvalue weighted by atomic mass is 9.57. The largest absolute Gasteiger partial charge is 0.508 e. The number of rotatable bonds is 6. The highest BCUT2D eigenvalue weighted by Gasteiger charge is 2.64. The summed E-state index contributed by atoms with van der Waals surface area (Å²) >= 11 is 0. The Kier molecular flexibility index (Phi) is 6.96. The van der Waals surface area contributed by atoms with E-state index >= 15 is 0 Å². The number of nitrogens with zero attached hydrogens (tertiary/aromatic N) is 2. The molecule has 4 aliphatic carbocycles. The monoisotopic (exact) mass is 555 g/mol. The van der Waals surface area contributed by atoms with Crippen LogP contribution in [-0.4, -0.2) is 93.6 Å². The number of aromatic hydroxyl groups is 1. The molecule has 1 aromatic carbocycles. The van der Waals surface area contributed by atoms with Gasteiger partial charge < -0.3 is 30.9 Å². The maximum absolute atomic E-state index is 14.0. The molecule has 40 heavy (non-hydrogen) atoms. The van der Waals surface area contributed by atoms with Gasteiger partial charge in [0.1, 0.15) is 28.6 Å². The van der Waals surface area contributed by atoms with Crippen molar-refractivity contribution >= 4 is 23.2 Å². The van der Waals surface area contributed by atoms with Gasteiger partial charge in [0, 0.05) is 35.2 Å². The Labute approximate surface area is 232 Å². The molecule has 0 spiro atoms. The van der Waals surface area contributed by atoms with Gasteiger partial charge in [0.05, 0.1) is 18.7 Å². The summed E-state index contributed by atoms with van der Waals surface area (Å²) in [6.07, 6.45) is 4.76. The van der Waals surface area contributed by atoms with Crippen LogP contribution in [0.1, 0.15) is 48.8 Å². The van der Waals surface area contributed by atoms with Crippen LogP contribution in [0.4, 0.5) is 0 Å². The van der Waals surface area contributed by atoms with Crippen LogP contribution in [0.3, 0.4) is 0 Å². The first kappa shape index (κ1) is 28.1. The fourth-order valence-corrected chi connectivity index (χ4v) is 7.47. The van der Waals surface area contributed by atoms with Crippen molar-refractivity contribution in [2.75, 3.05) is 28.3 Å². The highest BCUT2D eigenvalue weighted by molar-refractivity contribution is 6.24. The van der Waals surface area contributed by atoms with Crippen LogP contribution in [0, 0.1) is 11.8 Å². The number of phenolic OH excluding ortho intramolecular Hbond substituents is 1. The van der Waals surface area contributed by atoms with E-state index in [2.05, 4.69) is 4.90 Å². The third kappa shape index (κ3) is 3.93. The number of amides is 1. The van der Waals surface area contributed by atoms with Crippen molar-refractivity contribution in [3.63, 3.8) is 0 Å². The first-order chi connectivity index (χ1) is 18.8. The number of carbonyl (C=O) groups is 3. The number of likely N-dealkylation sites (N-methyl/N-ethyl adjacent to an activating group) is 1. The number of carbonyl (C=O) groups excluding carboxylic acids is 3. The Morgan fingerprint density at radius 1 is 1.15 bits per heavy atom. The molecule has 4 atom stereocenters. The number of hydrogen-bond acceptors (Lipinski definition) is 10. The standard InChI is InChI=1S/C29H37N3O8/c1-31(2)22-17-10-13-9-16-20(18(33)11-14(25(16)40-4)12-32(3)15-7-5-6-8-15)23(34)19(13)26(36)29(17,39)27(37)21(24(22)35)28(30)38/h11,13,15,17,22,33-34,37,39H,5-10,12H2,1-4H3,(H2,30,38)/t13-,17-,22-,29-/m0/s1. The van der Waals surface area contributed by atoms with Crippen molar-refractivity contribution < 1.29 is 39.5 Å². The molecule has 5 rings (SSSR count). The molecule has 2 saturated carbocycles. The molecule has 0 unspecified atom stereocenters. The summed E-state index contributed by atoms with van der Waals surface area (Å²) in [6, 6.07) is 0.822. The van der Waals surface area contributed by atoms with Crippen LogP contribution in [-0.2, 0) is 27.3 Å². The van der Waals surface area contributed by atoms with Crippen molar-refractivity contribution in [2.24, 2.45) is 17.6 Å². The summed E-state index contributed by atoms with van der Waals surface area (Å²) in [6.45, 7) is 0.518. The molecule has 0 aromatic heterocycles. The molecule has 11 heteroatoms. The summed E-state index contributed by atoms with van der Waals surface area (Å²) in [5.74, 6) is -6.21. The molecule has 0 aliphatic heterocycles. The minimum atomic E-state index is -2.66. The van der Waals surface area contributed by atoms with Crippen molar-refractivity contribution in [3.8, 4) is 11.5 Å². The number of ketones is 2. The second-order valence-electron chi connectivity index (χ2n) is 11.8. The number of benzene rings is 1. The van der Waals surface area contributed by atoms with E-state index < -0.39 is 58.0 Å². The third-order valence-corrected chi connectivity index (χ3v) is 9.32. The SMILES string of the molecule is COc1c(CN(C)C2CCCC2)cc(O)c2c1C[C@H]1C[C@H]3[C@H](N(C)C)C(=O)C(C(N)=O)=C(O)[C@@]3(O)C(=O)C1=C2O. The fourth-order valence-electron chi connectivity index (χ4n) is 7.47. The molecule has 11 nitrogen and oxygen atoms in total. The minimum Gasteiger partial charge on any atom is -0.508 e. The number of hydrogen-bond donors (Lipinski definition) is 5. The lowest BCUT2D eigenvalue weighted by Crippen LogP contribution is -2.65. The molecular formula is C29H37N3O8. The van der Waals surface area contributed by atoms with Crippen LogP contribution in [0.15, 0.2) is 23.0 Å². The second kappa shape index (κ2) is 9.90. The number of aliphatic hydroxyl groups is 3. The van der Waals surface area contributed by atoms with Crippen LogP contribution < -0.4 is 10.5 Å². The first-order valence-electron chi connectivity index (χ1n) is 13.6. The average Bonchev–Trinajstić information content (AvgIpc) is 3.41. The van der Waals surface area contributed by atoms with E-state index in [0.717, 1.165) is 18.4 Å². The van der Waals surface area contributed by atoms with Crippen molar-refractivity contribution in [1.82, 2.24) is 9.80 Å². The van der Waals surface area contributed by atoms with Crippen LogP contribution in [0.5, 0.6) is 11.5 Å². The normalized spacial score (nSPS) is 28.7. The highest BCUT2D eigenvalue weighted by atomic mass is 16.5. The Morgan fingerprint density at radius 2 is 1.80 bits per heavy atom. The van der Waals surface area contributed by atoms with Gasteiger partial charge >= 0.3 is 0 Å². The van der Waals surface area contributed by atoms with Gasteiger partial charge in [0.15, 0.2) is 11.4 Å². The predicted octanol–water partition coefficient (Wildman–Crippen LogP) is 1.35. The molecule has 6 N–H and O–H groups in total. The number of Topliss-reactive ketones (excluding diaryl/α,β-unsaturated/α-hetero) is 2. The van der Waals surface area contributed by atoms with E-state index in [1.165, 1.54) is 30.9 Å². The number of methoxy groups -OCH3 is 1. The predicted molar refractivity (Wildman–Crippen MR) is 145 cm³/mol. The number of aliphatic hydroxyl groups excluding tert-OH is 2. The summed E-state index contributed by atoms with van der Waals surface area (Å²) in [5, 5.41) is 45.2. The van der Waals surface area contributed by atoms with Gasteiger partial charge in [-0.3, -0.25) is 24.2 Å². The van der Waals surface area contributed by atoms with Crippen molar-refractivity contribution in [2.45, 2.75) is 62.8 Å². The Morgan fingerprint density at radius 3 is 2.38 bits per heavy atom. The van der Waals surface area contributed by atoms with Crippen LogP contribution >= 0.6 is 0 Å². The van der Waals surface area contributed by atoms with Gasteiger partial charge in [-0.05, 0) is 58.8 Å². The molecule has 0 bridgehead atoms. The van der Waals surface area contributed by atoms with E-state index in [4.69, 9.17) is 10.5 Å². The quantitative estimate of drug-likeness (QED) is 0.322. The number of ether oxygens (including phenoxy) is 1. The maximum atomic E-state index is 14.0. The zero-order chi connectivity index (χ0) is 29.3. The van der Waals surface area contributed by atoms with Crippen molar-refractivity contribution in [3.05, 3.63) is 39.7 Å². The van der Waals surface area contributed by atoms with E-state index in [-0.39, 0.29) is 29.7 Å². The summed E-state index contributed by atoms with van der Waals surface area (Å²) < 4.78 is 5.81. The van der Waals surface area contributed by atoms with Crippen LogP contribution in [0.25, 0.3) is 5.76 Å². The molecule has 4 aliphatic rings. The molecule has 2 fully saturated rings. The molecule has 216 valence electrons. The lowest BCUT2D eigenvalue weighted by Gasteiger charge is -2.50. The summed E-state index contributed by atoms with van der Waals surface area (Å²) in [4.78, 5) is 43.0. The summed E-state index contributed by atoms with van der Waals surface area (Å²) in [5.41, 5.74) is 3.00. The Bertz CT molecular complexity index is 1360. The topological polar surface area (TPSA) is 174 Å². The molecule has 0 heterocycles. The highest BCUT2D eigenvalue weighted by Crippen LogP contribution is 2.54. The van der Waals surface area contributed by atoms with Crippen molar-refractivity contribution in [1.29, 1.82) is 0 Å². The lowest BCUT2D eigenvalue weighted by molar-refractivity contribution is -0.153. The van der Waals surface area contributed by atoms with E-state index in [9.17, 15) is 34.8 Å². The smallest absolute Gasteiger partial charge is 0.255 e. The van der Waals surface area contributed by atoms with Crippen LogP contribution in [0.2, 0.25) is 0 Å². The van der Waals surface area contributed by atoms with E-state index in [1.54, 1.807) is 14.1 Å². The third-order valence-electron chi connectivity index (χ3n) is 9.32. The average molecular weight is 556 g/mol. The molecule has 1 aromatic rings. The first-order valence-corrected chi connectivity index (χ1v) is 13.6. The Hall–Kier alpha value is -3.41. The van der Waals surface area contributed by atoms with E-state index in [0.29, 0.717) is 23.9 Å². The number of phenols is 1. The molecule has 0 radical (unpaired) electrons. The zero-order valence-corrected chi connectivity index (χ0v) is 23.2. The van der Waals surface area contributed by atoms with Gasteiger partial charge in [-0.25, -0.2) is 0 Å². The minimum absolute atomic E-state index is 0.0282. The number of primary amides is 1. The molecular weight excluding hydrogens is 518 g/mol. The maximum Gasteiger partial charge on any atom is 0.255 e. The zero-order valence-electron chi connectivity index (χ0n) is 23.2. The molecule has 1 amide bonds. The van der Waals surface area contributed by atoms with Gasteiger partial charge in [0.25, 0.3) is 5.91 Å². The molecule has 0 saturated heterocycles. The number of nitrogens with two attached hydrogens (primary N) is 1. The van der Waals surface area contributed by atoms with Gasteiger partial charge in [0.2, 0.25) is 5.78 Å². The van der Waals surface area contributed by atoms with Gasteiger partial charge in [-0.2, -0.15) is 0 Å². The summed E-state index contributed by atoms with van der Waals surface area (Å²) in [7, 11) is 6.69. The van der Waals surface area contributed by atoms with E-state index in [1.807, 2.05) is 7.05 Å². The number of fused-ring (bicyclic) bond motifs is 3.